The molecule has 6 heteroatoms. The van der Waals surface area contributed by atoms with Crippen LogP contribution in [-0.2, 0) is 28.6 Å². The average Bonchev–Trinajstić information content (AvgIpc) is 3.37. The normalized spacial score (nSPS) is 12.9. The van der Waals surface area contributed by atoms with Crippen molar-refractivity contribution >= 4 is 17.9 Å². The van der Waals surface area contributed by atoms with Crippen molar-refractivity contribution in [3.05, 3.63) is 109 Å². The molecule has 0 aliphatic heterocycles. The Morgan fingerprint density at radius 1 is 0.296 bits per heavy atom. The fourth-order valence-electron chi connectivity index (χ4n) is 7.79. The van der Waals surface area contributed by atoms with Crippen molar-refractivity contribution in [3.63, 3.8) is 0 Å². The molecule has 0 bridgehead atoms. The van der Waals surface area contributed by atoms with Crippen LogP contribution in [0.1, 0.15) is 265 Å². The van der Waals surface area contributed by atoms with Gasteiger partial charge in [0.25, 0.3) is 0 Å². The summed E-state index contributed by atoms with van der Waals surface area (Å²) in [5.41, 5.74) is 0. The summed E-state index contributed by atoms with van der Waals surface area (Å²) in [5.74, 6) is -1.03. The molecule has 404 valence electrons. The number of rotatable bonds is 52. The van der Waals surface area contributed by atoms with Crippen LogP contribution in [0.3, 0.4) is 0 Å². The van der Waals surface area contributed by atoms with Crippen LogP contribution in [0.25, 0.3) is 0 Å². The predicted octanol–water partition coefficient (Wildman–Crippen LogP) is 19.9. The summed E-state index contributed by atoms with van der Waals surface area (Å²) >= 11 is 0. The van der Waals surface area contributed by atoms with Crippen LogP contribution in [-0.4, -0.2) is 37.2 Å². The molecule has 0 fully saturated rings. The van der Waals surface area contributed by atoms with Crippen molar-refractivity contribution in [1.29, 1.82) is 0 Å². The first-order valence-electron chi connectivity index (χ1n) is 29.4. The fourth-order valence-corrected chi connectivity index (χ4v) is 7.79. The van der Waals surface area contributed by atoms with Gasteiger partial charge in [-0.25, -0.2) is 0 Å². The minimum absolute atomic E-state index is 0.118. The van der Waals surface area contributed by atoms with Crippen LogP contribution in [0.4, 0.5) is 0 Å². The zero-order chi connectivity index (χ0) is 51.4. The van der Waals surface area contributed by atoms with Crippen LogP contribution in [0, 0.1) is 0 Å². The summed E-state index contributed by atoms with van der Waals surface area (Å²) in [6.45, 7) is 6.49. The molecular formula is C65H108O6. The maximum absolute atomic E-state index is 12.8. The van der Waals surface area contributed by atoms with Crippen LogP contribution in [0.15, 0.2) is 109 Å². The second-order valence-corrected chi connectivity index (χ2v) is 19.2. The third-order valence-corrected chi connectivity index (χ3v) is 12.2. The maximum Gasteiger partial charge on any atom is 0.306 e. The lowest BCUT2D eigenvalue weighted by Gasteiger charge is -2.18. The lowest BCUT2D eigenvalue weighted by molar-refractivity contribution is -0.167. The molecule has 0 radical (unpaired) electrons. The van der Waals surface area contributed by atoms with Crippen molar-refractivity contribution in [2.45, 2.75) is 271 Å². The standard InChI is InChI=1S/C65H108O6/c1-4-7-10-13-16-19-22-25-28-31-32-35-37-40-43-46-49-52-55-58-64(67)70-61-62(71-65(68)59-56-53-50-47-44-41-38-34-30-27-24-21-18-15-12-9-6-3)60-69-63(66)57-54-51-48-45-42-39-36-33-29-26-23-20-17-14-11-8-5-2/h16,18-19,21-22,25-27,29-30,36,38-39,41,45,47-48,50,62H,4-15,17,20,23-24,28,31-35,37,40,42-44,46,49,51-61H2,1-3H3/b19-16-,21-18-,25-22-,29-26-,30-27-,39-36-,41-38-,48-45-,50-47-. The zero-order valence-electron chi connectivity index (χ0n) is 46.2. The summed E-state index contributed by atoms with van der Waals surface area (Å²) in [5, 5.41) is 0. The van der Waals surface area contributed by atoms with E-state index in [0.717, 1.165) is 64.2 Å². The second kappa shape index (κ2) is 58.6. The molecule has 0 heterocycles. The van der Waals surface area contributed by atoms with Crippen LogP contribution in [0.2, 0.25) is 0 Å². The topological polar surface area (TPSA) is 78.9 Å². The summed E-state index contributed by atoms with van der Waals surface area (Å²) in [4.78, 5) is 38.2. The molecule has 1 unspecified atom stereocenters. The van der Waals surface area contributed by atoms with E-state index < -0.39 is 6.10 Å². The molecule has 0 aliphatic rings. The van der Waals surface area contributed by atoms with E-state index in [1.807, 2.05) is 0 Å². The Morgan fingerprint density at radius 2 is 0.563 bits per heavy atom. The number of carbonyl (C=O) groups is 3. The van der Waals surface area contributed by atoms with Gasteiger partial charge < -0.3 is 14.2 Å². The van der Waals surface area contributed by atoms with Crippen molar-refractivity contribution < 1.29 is 28.6 Å². The highest BCUT2D eigenvalue weighted by molar-refractivity contribution is 5.71. The first-order valence-corrected chi connectivity index (χ1v) is 29.4. The third-order valence-electron chi connectivity index (χ3n) is 12.2. The van der Waals surface area contributed by atoms with E-state index in [-0.39, 0.29) is 44.0 Å². The molecule has 0 spiro atoms. The van der Waals surface area contributed by atoms with Crippen LogP contribution < -0.4 is 0 Å². The van der Waals surface area contributed by atoms with Gasteiger partial charge in [0.2, 0.25) is 0 Å². The minimum Gasteiger partial charge on any atom is -0.462 e. The van der Waals surface area contributed by atoms with Gasteiger partial charge in [-0.1, -0.05) is 239 Å². The van der Waals surface area contributed by atoms with Crippen molar-refractivity contribution in [1.82, 2.24) is 0 Å². The van der Waals surface area contributed by atoms with Crippen LogP contribution >= 0.6 is 0 Å². The zero-order valence-corrected chi connectivity index (χ0v) is 46.2. The highest BCUT2D eigenvalue weighted by atomic mass is 16.6. The molecule has 0 aromatic rings. The van der Waals surface area contributed by atoms with Gasteiger partial charge in [0.15, 0.2) is 6.10 Å². The van der Waals surface area contributed by atoms with E-state index in [2.05, 4.69) is 130 Å². The highest BCUT2D eigenvalue weighted by Crippen LogP contribution is 2.14. The molecule has 1 atom stereocenters. The van der Waals surface area contributed by atoms with Crippen molar-refractivity contribution in [2.75, 3.05) is 13.2 Å². The van der Waals surface area contributed by atoms with E-state index in [1.165, 1.54) is 148 Å². The molecule has 0 aromatic heterocycles. The van der Waals surface area contributed by atoms with Gasteiger partial charge in [0.05, 0.1) is 0 Å². The minimum atomic E-state index is -0.831. The Hall–Kier alpha value is -3.93. The van der Waals surface area contributed by atoms with Gasteiger partial charge in [0.1, 0.15) is 13.2 Å². The molecule has 0 amide bonds. The first kappa shape index (κ1) is 67.1. The molecule has 71 heavy (non-hydrogen) atoms. The predicted molar refractivity (Wildman–Crippen MR) is 307 cm³/mol. The van der Waals surface area contributed by atoms with Gasteiger partial charge in [-0.15, -0.1) is 0 Å². The largest absolute Gasteiger partial charge is 0.462 e. The van der Waals surface area contributed by atoms with E-state index in [1.54, 1.807) is 0 Å². The summed E-state index contributed by atoms with van der Waals surface area (Å²) in [6.07, 6.45) is 79.4. The quantitative estimate of drug-likeness (QED) is 0.0199. The summed E-state index contributed by atoms with van der Waals surface area (Å²) < 4.78 is 16.8. The summed E-state index contributed by atoms with van der Waals surface area (Å²) in [7, 11) is 0. The first-order chi connectivity index (χ1) is 35.0. The highest BCUT2D eigenvalue weighted by Gasteiger charge is 2.19. The molecule has 6 nitrogen and oxygen atoms in total. The number of carbonyl (C=O) groups excluding carboxylic acids is 3. The molecule has 0 saturated carbocycles. The number of ether oxygens (including phenoxy) is 3. The van der Waals surface area contributed by atoms with Crippen molar-refractivity contribution in [2.24, 2.45) is 0 Å². The molecule has 0 rings (SSSR count). The SMILES string of the molecule is CCCCC/C=C\C=C/CCCCCCCCCCCCC(=O)OCC(COC(=O)CCC/C=C\C/C=C\C/C=C\CCCCCCCC)OC(=O)CCC/C=C\C/C=C\C/C=C\C/C=C\CCCCC. The van der Waals surface area contributed by atoms with Gasteiger partial charge in [-0.05, 0) is 116 Å². The average molecular weight is 986 g/mol. The van der Waals surface area contributed by atoms with Crippen molar-refractivity contribution in [3.8, 4) is 0 Å². The third kappa shape index (κ3) is 56.9. The lowest BCUT2D eigenvalue weighted by Crippen LogP contribution is -2.30. The van der Waals surface area contributed by atoms with Gasteiger partial charge in [-0.2, -0.15) is 0 Å². The van der Waals surface area contributed by atoms with Gasteiger partial charge >= 0.3 is 17.9 Å². The molecule has 0 aromatic carbocycles. The smallest absolute Gasteiger partial charge is 0.306 e. The van der Waals surface area contributed by atoms with E-state index in [4.69, 9.17) is 14.2 Å². The Balaban J connectivity index is 4.54. The van der Waals surface area contributed by atoms with Gasteiger partial charge in [0, 0.05) is 19.3 Å². The monoisotopic (exact) mass is 985 g/mol. The number of allylic oxidation sites excluding steroid dienone is 18. The Morgan fingerprint density at radius 3 is 0.958 bits per heavy atom. The second-order valence-electron chi connectivity index (χ2n) is 19.2. The maximum atomic E-state index is 12.8. The summed E-state index contributed by atoms with van der Waals surface area (Å²) in [6, 6.07) is 0. The molecular weight excluding hydrogens is 877 g/mol. The molecule has 0 saturated heterocycles. The van der Waals surface area contributed by atoms with E-state index in [0.29, 0.717) is 19.3 Å². The number of hydrogen-bond donors (Lipinski definition) is 0. The lowest BCUT2D eigenvalue weighted by atomic mass is 10.1. The Bertz CT molecular complexity index is 1460. The molecule has 0 N–H and O–H groups in total. The fraction of sp³-hybridized carbons (Fsp3) is 0.677. The Labute approximate surface area is 438 Å². The van der Waals surface area contributed by atoms with E-state index in [9.17, 15) is 14.4 Å². The van der Waals surface area contributed by atoms with Gasteiger partial charge in [-0.3, -0.25) is 14.4 Å². The van der Waals surface area contributed by atoms with E-state index >= 15 is 0 Å². The van der Waals surface area contributed by atoms with Crippen LogP contribution in [0.5, 0.6) is 0 Å². The number of unbranched alkanes of at least 4 members (excludes halogenated alkanes) is 24. The number of esters is 3. The number of hydrogen-bond acceptors (Lipinski definition) is 6. The Kier molecular flexibility index (Phi) is 55.4. The molecule has 0 aliphatic carbocycles.